The Labute approximate surface area is 141 Å². The average molecular weight is 339 g/mol. The lowest BCUT2D eigenvalue weighted by atomic mass is 10.1. The van der Waals surface area contributed by atoms with Crippen LogP contribution in [0.3, 0.4) is 0 Å². The average Bonchev–Trinajstić information content (AvgIpc) is 2.54. The van der Waals surface area contributed by atoms with Crippen LogP contribution in [-0.4, -0.2) is 59.5 Å². The zero-order chi connectivity index (χ0) is 16.7. The Morgan fingerprint density at radius 2 is 1.78 bits per heavy atom. The Kier molecular flexibility index (Phi) is 6.86. The fraction of sp³-hybridized carbons (Fsp3) is 0.529. The van der Waals surface area contributed by atoms with Crippen LogP contribution in [0.5, 0.6) is 0 Å². The molecule has 2 rings (SSSR count). The first-order valence-electron chi connectivity index (χ1n) is 8.01. The van der Waals surface area contributed by atoms with Crippen molar-refractivity contribution in [3.05, 3.63) is 34.9 Å². The third kappa shape index (κ3) is 5.84. The second-order valence-corrected chi connectivity index (χ2v) is 6.25. The van der Waals surface area contributed by atoms with Crippen molar-refractivity contribution < 1.29 is 14.7 Å². The Balaban J connectivity index is 1.70. The molecule has 1 aromatic carbocycles. The molecule has 0 spiro atoms. The van der Waals surface area contributed by atoms with Crippen LogP contribution >= 0.6 is 11.6 Å². The lowest BCUT2D eigenvalue weighted by Crippen LogP contribution is -2.49. The van der Waals surface area contributed by atoms with Crippen molar-refractivity contribution in [3.8, 4) is 0 Å². The van der Waals surface area contributed by atoms with E-state index >= 15 is 0 Å². The van der Waals surface area contributed by atoms with Crippen LogP contribution in [0.4, 0.5) is 0 Å². The van der Waals surface area contributed by atoms with E-state index in [1.807, 2.05) is 23.1 Å². The smallest absolute Gasteiger partial charge is 0.303 e. The molecule has 0 atom stereocenters. The van der Waals surface area contributed by atoms with E-state index in [0.717, 1.165) is 44.7 Å². The minimum Gasteiger partial charge on any atom is -0.481 e. The molecule has 1 N–H and O–H groups in total. The van der Waals surface area contributed by atoms with Crippen molar-refractivity contribution in [1.29, 1.82) is 0 Å². The maximum atomic E-state index is 12.3. The maximum absolute atomic E-state index is 12.3. The second kappa shape index (κ2) is 8.89. The Morgan fingerprint density at radius 1 is 1.09 bits per heavy atom. The Morgan fingerprint density at radius 3 is 2.43 bits per heavy atom. The van der Waals surface area contributed by atoms with Crippen LogP contribution in [0.1, 0.15) is 24.8 Å². The summed E-state index contributed by atoms with van der Waals surface area (Å²) in [5.74, 6) is -0.622. The van der Waals surface area contributed by atoms with E-state index in [1.165, 1.54) is 0 Å². The summed E-state index contributed by atoms with van der Waals surface area (Å²) in [6.07, 6.45) is 2.18. The molecule has 23 heavy (non-hydrogen) atoms. The van der Waals surface area contributed by atoms with Crippen molar-refractivity contribution >= 4 is 23.5 Å². The summed E-state index contributed by atoms with van der Waals surface area (Å²) in [7, 11) is 0. The molecule has 1 aliphatic rings. The molecular weight excluding hydrogens is 316 g/mol. The number of aliphatic carboxylic acids is 1. The number of hydrogen-bond donors (Lipinski definition) is 1. The zero-order valence-electron chi connectivity index (χ0n) is 13.2. The van der Waals surface area contributed by atoms with E-state index in [0.29, 0.717) is 17.9 Å². The van der Waals surface area contributed by atoms with Gasteiger partial charge in [0.05, 0.1) is 6.42 Å². The van der Waals surface area contributed by atoms with Crippen LogP contribution in [-0.2, 0) is 16.0 Å². The van der Waals surface area contributed by atoms with Crippen molar-refractivity contribution in [3.63, 3.8) is 0 Å². The number of benzene rings is 1. The molecule has 0 radical (unpaired) electrons. The fourth-order valence-electron chi connectivity index (χ4n) is 2.75. The zero-order valence-corrected chi connectivity index (χ0v) is 14.0. The SMILES string of the molecule is O=C(O)CCCCN1CCN(C(=O)Cc2ccccc2Cl)CC1. The molecular formula is C17H23ClN2O3. The van der Waals surface area contributed by atoms with Gasteiger partial charge in [-0.2, -0.15) is 0 Å². The number of carboxylic acid groups (broad SMARTS) is 1. The predicted octanol–water partition coefficient (Wildman–Crippen LogP) is 2.28. The largest absolute Gasteiger partial charge is 0.481 e. The first-order valence-corrected chi connectivity index (χ1v) is 8.39. The van der Waals surface area contributed by atoms with Crippen LogP contribution in [0.25, 0.3) is 0 Å². The molecule has 1 amide bonds. The van der Waals surface area contributed by atoms with Gasteiger partial charge in [-0.15, -0.1) is 0 Å². The van der Waals surface area contributed by atoms with Gasteiger partial charge in [0.1, 0.15) is 0 Å². The van der Waals surface area contributed by atoms with Crippen molar-refractivity contribution in [2.45, 2.75) is 25.7 Å². The number of piperazine rings is 1. The summed E-state index contributed by atoms with van der Waals surface area (Å²) in [5, 5.41) is 9.26. The van der Waals surface area contributed by atoms with Gasteiger partial charge < -0.3 is 10.0 Å². The van der Waals surface area contributed by atoms with E-state index in [-0.39, 0.29) is 12.3 Å². The number of amides is 1. The highest BCUT2D eigenvalue weighted by atomic mass is 35.5. The lowest BCUT2D eigenvalue weighted by Gasteiger charge is -2.34. The third-order valence-corrected chi connectivity index (χ3v) is 4.51. The van der Waals surface area contributed by atoms with Crippen molar-refractivity contribution in [2.75, 3.05) is 32.7 Å². The first-order chi connectivity index (χ1) is 11.1. The third-order valence-electron chi connectivity index (χ3n) is 4.14. The molecule has 6 heteroatoms. The highest BCUT2D eigenvalue weighted by Crippen LogP contribution is 2.16. The lowest BCUT2D eigenvalue weighted by molar-refractivity contribution is -0.137. The van der Waals surface area contributed by atoms with Crippen molar-refractivity contribution in [2.24, 2.45) is 0 Å². The molecule has 1 saturated heterocycles. The molecule has 0 aromatic heterocycles. The molecule has 126 valence electrons. The number of carbonyl (C=O) groups excluding carboxylic acids is 1. The van der Waals surface area contributed by atoms with E-state index in [9.17, 15) is 9.59 Å². The van der Waals surface area contributed by atoms with Crippen LogP contribution in [0.2, 0.25) is 5.02 Å². The Hall–Kier alpha value is -1.59. The number of carboxylic acids is 1. The number of halogens is 1. The minimum atomic E-state index is -0.736. The predicted molar refractivity (Wildman–Crippen MR) is 89.7 cm³/mol. The molecule has 1 fully saturated rings. The van der Waals surface area contributed by atoms with Gasteiger partial charge in [0, 0.05) is 37.6 Å². The van der Waals surface area contributed by atoms with Gasteiger partial charge in [-0.05, 0) is 31.0 Å². The van der Waals surface area contributed by atoms with Crippen molar-refractivity contribution in [1.82, 2.24) is 9.80 Å². The first kappa shape index (κ1) is 17.8. The number of carbonyl (C=O) groups is 2. The molecule has 1 aliphatic heterocycles. The number of hydrogen-bond acceptors (Lipinski definition) is 3. The number of nitrogens with zero attached hydrogens (tertiary/aromatic N) is 2. The van der Waals surface area contributed by atoms with Gasteiger partial charge >= 0.3 is 5.97 Å². The quantitative estimate of drug-likeness (QED) is 0.775. The molecule has 1 aromatic rings. The molecule has 5 nitrogen and oxygen atoms in total. The van der Waals surface area contributed by atoms with Crippen LogP contribution in [0.15, 0.2) is 24.3 Å². The minimum absolute atomic E-state index is 0.114. The number of rotatable bonds is 7. The molecule has 0 aliphatic carbocycles. The summed E-state index contributed by atoms with van der Waals surface area (Å²) in [4.78, 5) is 27.0. The summed E-state index contributed by atoms with van der Waals surface area (Å²) < 4.78 is 0. The number of unbranched alkanes of at least 4 members (excludes halogenated alkanes) is 1. The van der Waals surface area contributed by atoms with Gasteiger partial charge in [-0.25, -0.2) is 0 Å². The van der Waals surface area contributed by atoms with E-state index in [2.05, 4.69) is 4.90 Å². The standard InChI is InChI=1S/C17H23ClN2O3/c18-15-6-2-1-5-14(15)13-16(21)20-11-9-19(10-12-20)8-4-3-7-17(22)23/h1-2,5-6H,3-4,7-13H2,(H,22,23). The normalized spacial score (nSPS) is 15.6. The Bertz CT molecular complexity index is 542. The maximum Gasteiger partial charge on any atom is 0.303 e. The molecule has 1 heterocycles. The molecule has 0 saturated carbocycles. The fourth-order valence-corrected chi connectivity index (χ4v) is 2.95. The van der Waals surface area contributed by atoms with Gasteiger partial charge in [-0.3, -0.25) is 14.5 Å². The summed E-state index contributed by atoms with van der Waals surface area (Å²) in [5.41, 5.74) is 0.871. The summed E-state index contributed by atoms with van der Waals surface area (Å²) in [6, 6.07) is 7.45. The van der Waals surface area contributed by atoms with E-state index in [1.54, 1.807) is 6.07 Å². The van der Waals surface area contributed by atoms with Crippen LogP contribution < -0.4 is 0 Å². The monoisotopic (exact) mass is 338 g/mol. The van der Waals surface area contributed by atoms with E-state index < -0.39 is 5.97 Å². The van der Waals surface area contributed by atoms with Crippen LogP contribution in [0, 0.1) is 0 Å². The van der Waals surface area contributed by atoms with E-state index in [4.69, 9.17) is 16.7 Å². The summed E-state index contributed by atoms with van der Waals surface area (Å²) >= 11 is 6.10. The van der Waals surface area contributed by atoms with Gasteiger partial charge in [0.25, 0.3) is 0 Å². The molecule has 0 unspecified atom stereocenters. The highest BCUT2D eigenvalue weighted by molar-refractivity contribution is 6.31. The molecule has 0 bridgehead atoms. The van der Waals surface area contributed by atoms with Gasteiger partial charge in [0.15, 0.2) is 0 Å². The van der Waals surface area contributed by atoms with Gasteiger partial charge in [-0.1, -0.05) is 29.8 Å². The topological polar surface area (TPSA) is 60.9 Å². The summed E-state index contributed by atoms with van der Waals surface area (Å²) in [6.45, 7) is 4.05. The highest BCUT2D eigenvalue weighted by Gasteiger charge is 2.21. The van der Waals surface area contributed by atoms with Gasteiger partial charge in [0.2, 0.25) is 5.91 Å². The second-order valence-electron chi connectivity index (χ2n) is 5.84.